The standard InChI is InChI=1S/C23H28N8S/c1-14-20(30-19(25)21(28-14)32-17-7-10-27-22(26-2)29-17)31-11-8-23(9-12-31)13-15-5-3-4-6-16(15)18(23)24/h3-7,10,18H,8-9,11-13,24H2,1-2H3,(H2,25,30)(H,26,27,29). The van der Waals surface area contributed by atoms with Crippen molar-refractivity contribution in [3.8, 4) is 0 Å². The van der Waals surface area contributed by atoms with E-state index in [4.69, 9.17) is 21.4 Å². The van der Waals surface area contributed by atoms with Crippen LogP contribution in [0.2, 0.25) is 0 Å². The fourth-order valence-electron chi connectivity index (χ4n) is 4.96. The highest BCUT2D eigenvalue weighted by atomic mass is 32.2. The first kappa shape index (κ1) is 21.0. The van der Waals surface area contributed by atoms with Gasteiger partial charge < -0.3 is 21.7 Å². The Labute approximate surface area is 192 Å². The van der Waals surface area contributed by atoms with E-state index >= 15 is 0 Å². The van der Waals surface area contributed by atoms with Gasteiger partial charge in [-0.25, -0.2) is 19.9 Å². The van der Waals surface area contributed by atoms with Gasteiger partial charge in [0.1, 0.15) is 10.1 Å². The van der Waals surface area contributed by atoms with Crippen LogP contribution < -0.4 is 21.7 Å². The largest absolute Gasteiger partial charge is 0.381 e. The molecule has 0 bridgehead atoms. The van der Waals surface area contributed by atoms with E-state index in [0.717, 1.165) is 48.9 Å². The monoisotopic (exact) mass is 448 g/mol. The summed E-state index contributed by atoms with van der Waals surface area (Å²) in [6, 6.07) is 10.6. The molecule has 2 aliphatic rings. The lowest BCUT2D eigenvalue weighted by Gasteiger charge is -2.42. The number of piperidine rings is 1. The Balaban J connectivity index is 1.32. The van der Waals surface area contributed by atoms with Crippen molar-refractivity contribution in [3.63, 3.8) is 0 Å². The van der Waals surface area contributed by atoms with Crippen LogP contribution in [0.4, 0.5) is 17.6 Å². The van der Waals surface area contributed by atoms with Crippen molar-refractivity contribution in [1.29, 1.82) is 0 Å². The first-order valence-electron chi connectivity index (χ1n) is 10.9. The second-order valence-electron chi connectivity index (χ2n) is 8.60. The Morgan fingerprint density at radius 1 is 1.12 bits per heavy atom. The van der Waals surface area contributed by atoms with Gasteiger partial charge >= 0.3 is 0 Å². The number of nitrogens with one attached hydrogen (secondary N) is 1. The van der Waals surface area contributed by atoms with Gasteiger partial charge in [-0.1, -0.05) is 24.3 Å². The molecular formula is C23H28N8S. The molecule has 1 aromatic carbocycles. The smallest absolute Gasteiger partial charge is 0.223 e. The summed E-state index contributed by atoms with van der Waals surface area (Å²) in [6.07, 6.45) is 4.85. The summed E-state index contributed by atoms with van der Waals surface area (Å²) < 4.78 is 0. The minimum atomic E-state index is 0.104. The van der Waals surface area contributed by atoms with E-state index in [1.165, 1.54) is 22.9 Å². The maximum atomic E-state index is 6.72. The minimum absolute atomic E-state index is 0.104. The summed E-state index contributed by atoms with van der Waals surface area (Å²) in [5, 5.41) is 4.37. The molecule has 5 rings (SSSR count). The van der Waals surface area contributed by atoms with E-state index in [1.54, 1.807) is 13.2 Å². The summed E-state index contributed by atoms with van der Waals surface area (Å²) >= 11 is 1.40. The van der Waals surface area contributed by atoms with Crippen LogP contribution in [0.1, 0.15) is 35.7 Å². The Morgan fingerprint density at radius 3 is 2.66 bits per heavy atom. The minimum Gasteiger partial charge on any atom is -0.381 e. The van der Waals surface area contributed by atoms with Crippen molar-refractivity contribution in [3.05, 3.63) is 53.3 Å². The molecule has 9 heteroatoms. The fourth-order valence-corrected chi connectivity index (χ4v) is 5.76. The molecule has 2 aromatic heterocycles. The van der Waals surface area contributed by atoms with Gasteiger partial charge in [0, 0.05) is 32.4 Å². The van der Waals surface area contributed by atoms with E-state index in [9.17, 15) is 0 Å². The molecule has 1 saturated heterocycles. The maximum Gasteiger partial charge on any atom is 0.223 e. The molecule has 3 aromatic rings. The number of nitrogens with zero attached hydrogens (tertiary/aromatic N) is 5. The highest BCUT2D eigenvalue weighted by Crippen LogP contribution is 2.51. The molecule has 1 aliphatic carbocycles. The first-order valence-corrected chi connectivity index (χ1v) is 11.7. The van der Waals surface area contributed by atoms with Crippen molar-refractivity contribution in [2.45, 2.75) is 42.3 Å². The van der Waals surface area contributed by atoms with Gasteiger partial charge in [0.25, 0.3) is 0 Å². The molecule has 1 spiro atoms. The normalized spacial score (nSPS) is 19.2. The molecule has 0 amide bonds. The summed E-state index contributed by atoms with van der Waals surface area (Å²) in [5.74, 6) is 1.85. The molecule has 1 aliphatic heterocycles. The summed E-state index contributed by atoms with van der Waals surface area (Å²) in [4.78, 5) is 20.4. The Hall–Kier alpha value is -2.91. The number of nitrogens with two attached hydrogens (primary N) is 2. The zero-order chi connectivity index (χ0) is 22.3. The second-order valence-corrected chi connectivity index (χ2v) is 9.61. The SMILES string of the molecule is CNc1nccc(Sc2nc(C)c(N3CCC4(CC3)Cc3ccccc3C4N)nc2N)n1. The molecule has 1 fully saturated rings. The lowest BCUT2D eigenvalue weighted by atomic mass is 9.73. The first-order chi connectivity index (χ1) is 15.5. The average Bonchev–Trinajstić information content (AvgIpc) is 3.08. The van der Waals surface area contributed by atoms with Gasteiger partial charge in [0.2, 0.25) is 5.95 Å². The van der Waals surface area contributed by atoms with Crippen molar-refractivity contribution in [1.82, 2.24) is 19.9 Å². The zero-order valence-corrected chi connectivity index (χ0v) is 19.2. The van der Waals surface area contributed by atoms with E-state index in [1.807, 2.05) is 13.0 Å². The average molecular weight is 449 g/mol. The van der Waals surface area contributed by atoms with Crippen LogP contribution >= 0.6 is 11.8 Å². The van der Waals surface area contributed by atoms with Crippen molar-refractivity contribution in [2.24, 2.45) is 11.1 Å². The predicted molar refractivity (Wildman–Crippen MR) is 128 cm³/mol. The van der Waals surface area contributed by atoms with Crippen molar-refractivity contribution in [2.75, 3.05) is 36.1 Å². The fraction of sp³-hybridized carbons (Fsp3) is 0.391. The van der Waals surface area contributed by atoms with Gasteiger partial charge in [0.05, 0.1) is 5.69 Å². The van der Waals surface area contributed by atoms with Gasteiger partial charge in [-0.15, -0.1) is 0 Å². The van der Waals surface area contributed by atoms with Crippen LogP contribution in [-0.4, -0.2) is 40.1 Å². The molecule has 3 heterocycles. The topological polar surface area (TPSA) is 119 Å². The van der Waals surface area contributed by atoms with Gasteiger partial charge in [-0.05, 0) is 60.6 Å². The molecule has 5 N–H and O–H groups in total. The molecule has 8 nitrogen and oxygen atoms in total. The molecule has 166 valence electrons. The van der Waals surface area contributed by atoms with E-state index in [2.05, 4.69) is 44.5 Å². The lowest BCUT2D eigenvalue weighted by Crippen LogP contribution is -2.45. The number of anilines is 3. The van der Waals surface area contributed by atoms with Crippen LogP contribution in [0.5, 0.6) is 0 Å². The van der Waals surface area contributed by atoms with Crippen LogP contribution in [-0.2, 0) is 6.42 Å². The number of aryl methyl sites for hydroxylation is 1. The highest BCUT2D eigenvalue weighted by molar-refractivity contribution is 7.99. The van der Waals surface area contributed by atoms with E-state index in [0.29, 0.717) is 16.8 Å². The maximum absolute atomic E-state index is 6.72. The van der Waals surface area contributed by atoms with Crippen molar-refractivity contribution >= 4 is 29.3 Å². The second kappa shape index (κ2) is 8.22. The molecule has 32 heavy (non-hydrogen) atoms. The van der Waals surface area contributed by atoms with Gasteiger partial charge in [-0.3, -0.25) is 0 Å². The summed E-state index contributed by atoms with van der Waals surface area (Å²) in [6.45, 7) is 3.80. The highest BCUT2D eigenvalue weighted by Gasteiger charge is 2.46. The number of hydrogen-bond donors (Lipinski definition) is 3. The third kappa shape index (κ3) is 3.65. The molecule has 1 unspecified atom stereocenters. The van der Waals surface area contributed by atoms with Crippen LogP contribution in [0.3, 0.4) is 0 Å². The number of fused-ring (bicyclic) bond motifs is 1. The van der Waals surface area contributed by atoms with Crippen LogP contribution in [0.15, 0.2) is 46.6 Å². The van der Waals surface area contributed by atoms with E-state index < -0.39 is 0 Å². The van der Waals surface area contributed by atoms with Crippen molar-refractivity contribution < 1.29 is 0 Å². The lowest BCUT2D eigenvalue weighted by molar-refractivity contribution is 0.187. The predicted octanol–water partition coefficient (Wildman–Crippen LogP) is 3.19. The number of benzene rings is 1. The molecular weight excluding hydrogens is 420 g/mol. The number of rotatable bonds is 4. The van der Waals surface area contributed by atoms with E-state index in [-0.39, 0.29) is 11.5 Å². The number of aromatic nitrogens is 4. The Bertz CT molecular complexity index is 1140. The van der Waals surface area contributed by atoms with Crippen LogP contribution in [0.25, 0.3) is 0 Å². The third-order valence-corrected chi connectivity index (χ3v) is 7.67. The Morgan fingerprint density at radius 2 is 1.91 bits per heavy atom. The number of hydrogen-bond acceptors (Lipinski definition) is 9. The van der Waals surface area contributed by atoms with Gasteiger partial charge in [-0.2, -0.15) is 0 Å². The molecule has 1 atom stereocenters. The summed E-state index contributed by atoms with van der Waals surface area (Å²) in [7, 11) is 1.79. The van der Waals surface area contributed by atoms with Crippen LogP contribution in [0, 0.1) is 12.3 Å². The number of nitrogen functional groups attached to an aromatic ring is 1. The Kier molecular flexibility index (Phi) is 5.38. The van der Waals surface area contributed by atoms with Gasteiger partial charge in [0.15, 0.2) is 11.6 Å². The quantitative estimate of drug-likeness (QED) is 0.517. The third-order valence-electron chi connectivity index (χ3n) is 6.74. The molecule has 0 radical (unpaired) electrons. The zero-order valence-electron chi connectivity index (χ0n) is 18.4. The summed E-state index contributed by atoms with van der Waals surface area (Å²) in [5.41, 5.74) is 16.8. The molecule has 0 saturated carbocycles.